The van der Waals surface area contributed by atoms with Crippen molar-refractivity contribution in [2.45, 2.75) is 64.8 Å². The monoisotopic (exact) mass is 228 g/mol. The van der Waals surface area contributed by atoms with Crippen LogP contribution in [0.25, 0.3) is 0 Å². The molecule has 0 atom stereocenters. The van der Waals surface area contributed by atoms with Gasteiger partial charge in [0.15, 0.2) is 0 Å². The Morgan fingerprint density at radius 1 is 1.19 bits per heavy atom. The summed E-state index contributed by atoms with van der Waals surface area (Å²) >= 11 is 0. The van der Waals surface area contributed by atoms with Crippen molar-refractivity contribution in [3.63, 3.8) is 0 Å². The Morgan fingerprint density at radius 2 is 1.75 bits per heavy atom. The second kappa shape index (κ2) is 6.58. The van der Waals surface area contributed by atoms with Crippen LogP contribution in [-0.2, 0) is 4.74 Å². The molecular formula is C13H28N2O. The van der Waals surface area contributed by atoms with Crippen LogP contribution in [-0.4, -0.2) is 49.3 Å². The summed E-state index contributed by atoms with van der Waals surface area (Å²) in [7, 11) is 1.81. The first-order valence-corrected chi connectivity index (χ1v) is 6.56. The molecule has 0 heterocycles. The van der Waals surface area contributed by atoms with Crippen LogP contribution < -0.4 is 5.32 Å². The van der Waals surface area contributed by atoms with Crippen LogP contribution in [0.1, 0.15) is 40.5 Å². The Balaban J connectivity index is 2.10. The molecule has 0 bridgehead atoms. The summed E-state index contributed by atoms with van der Waals surface area (Å²) < 4.78 is 5.27. The highest BCUT2D eigenvalue weighted by atomic mass is 16.5. The van der Waals surface area contributed by atoms with Crippen molar-refractivity contribution in [3.05, 3.63) is 0 Å². The van der Waals surface area contributed by atoms with Crippen LogP contribution in [0.3, 0.4) is 0 Å². The van der Waals surface area contributed by atoms with Gasteiger partial charge in [-0.15, -0.1) is 0 Å². The molecule has 1 fully saturated rings. The summed E-state index contributed by atoms with van der Waals surface area (Å²) in [5, 5.41) is 3.60. The van der Waals surface area contributed by atoms with E-state index in [1.807, 2.05) is 0 Å². The van der Waals surface area contributed by atoms with Crippen molar-refractivity contribution in [1.29, 1.82) is 0 Å². The number of ether oxygens (including phenoxy) is 1. The van der Waals surface area contributed by atoms with Crippen molar-refractivity contribution in [3.8, 4) is 0 Å². The lowest BCUT2D eigenvalue weighted by atomic mass is 9.89. The van der Waals surface area contributed by atoms with Gasteiger partial charge in [0.1, 0.15) is 0 Å². The molecule has 0 aromatic rings. The molecule has 1 N–H and O–H groups in total. The molecule has 0 aromatic heterocycles. The van der Waals surface area contributed by atoms with E-state index >= 15 is 0 Å². The highest BCUT2D eigenvalue weighted by molar-refractivity contribution is 4.86. The van der Waals surface area contributed by atoms with Crippen molar-refractivity contribution in [2.24, 2.45) is 0 Å². The van der Waals surface area contributed by atoms with Gasteiger partial charge >= 0.3 is 0 Å². The van der Waals surface area contributed by atoms with Crippen molar-refractivity contribution in [2.75, 3.05) is 20.2 Å². The Kier molecular flexibility index (Phi) is 5.73. The molecule has 0 amide bonds. The molecule has 16 heavy (non-hydrogen) atoms. The van der Waals surface area contributed by atoms with Crippen LogP contribution >= 0.6 is 0 Å². The van der Waals surface area contributed by atoms with Gasteiger partial charge in [0.2, 0.25) is 0 Å². The number of methoxy groups -OCH3 is 1. The van der Waals surface area contributed by atoms with E-state index in [0.717, 1.165) is 13.1 Å². The quantitative estimate of drug-likeness (QED) is 0.720. The topological polar surface area (TPSA) is 24.5 Å². The van der Waals surface area contributed by atoms with E-state index in [0.29, 0.717) is 24.2 Å². The van der Waals surface area contributed by atoms with Crippen LogP contribution in [0.15, 0.2) is 0 Å². The number of hydrogen-bond acceptors (Lipinski definition) is 3. The smallest absolute Gasteiger partial charge is 0.0601 e. The summed E-state index contributed by atoms with van der Waals surface area (Å²) in [6, 6.07) is 1.95. The number of nitrogens with one attached hydrogen (secondary N) is 1. The lowest BCUT2D eigenvalue weighted by Gasteiger charge is -2.36. The third kappa shape index (κ3) is 4.04. The second-order valence-corrected chi connectivity index (χ2v) is 5.41. The summed E-state index contributed by atoms with van der Waals surface area (Å²) in [6.07, 6.45) is 2.86. The van der Waals surface area contributed by atoms with Gasteiger partial charge in [0.25, 0.3) is 0 Å². The van der Waals surface area contributed by atoms with E-state index in [4.69, 9.17) is 4.74 Å². The molecule has 3 nitrogen and oxygen atoms in total. The van der Waals surface area contributed by atoms with Crippen LogP contribution in [0, 0.1) is 0 Å². The normalized spacial score (nSPS) is 25.5. The SMILES string of the molecule is COC1CC(NCCN(C(C)C)C(C)C)C1. The van der Waals surface area contributed by atoms with Gasteiger partial charge in [-0.05, 0) is 40.5 Å². The minimum absolute atomic E-state index is 0.504. The van der Waals surface area contributed by atoms with Crippen molar-refractivity contribution in [1.82, 2.24) is 10.2 Å². The average Bonchev–Trinajstić information content (AvgIpc) is 2.13. The van der Waals surface area contributed by atoms with E-state index < -0.39 is 0 Å². The van der Waals surface area contributed by atoms with Crippen LogP contribution in [0.5, 0.6) is 0 Å². The minimum Gasteiger partial charge on any atom is -0.381 e. The van der Waals surface area contributed by atoms with Gasteiger partial charge in [-0.25, -0.2) is 0 Å². The molecule has 1 aliphatic carbocycles. The maximum Gasteiger partial charge on any atom is 0.0601 e. The number of rotatable bonds is 7. The van der Waals surface area contributed by atoms with E-state index in [-0.39, 0.29) is 0 Å². The first-order valence-electron chi connectivity index (χ1n) is 6.56. The number of hydrogen-bond donors (Lipinski definition) is 1. The zero-order valence-corrected chi connectivity index (χ0v) is 11.5. The predicted molar refractivity (Wildman–Crippen MR) is 68.8 cm³/mol. The molecule has 1 saturated carbocycles. The fourth-order valence-electron chi connectivity index (χ4n) is 2.44. The Morgan fingerprint density at radius 3 is 2.19 bits per heavy atom. The molecule has 3 heteroatoms. The van der Waals surface area contributed by atoms with Gasteiger partial charge in [-0.3, -0.25) is 4.90 Å². The minimum atomic E-state index is 0.504. The fraction of sp³-hybridized carbons (Fsp3) is 1.00. The fourth-order valence-corrected chi connectivity index (χ4v) is 2.44. The lowest BCUT2D eigenvalue weighted by Crippen LogP contribution is -2.48. The van der Waals surface area contributed by atoms with E-state index in [9.17, 15) is 0 Å². The molecule has 1 rings (SSSR count). The zero-order chi connectivity index (χ0) is 12.1. The number of nitrogens with zero attached hydrogens (tertiary/aromatic N) is 1. The highest BCUT2D eigenvalue weighted by Crippen LogP contribution is 2.22. The first kappa shape index (κ1) is 13.9. The van der Waals surface area contributed by atoms with Crippen LogP contribution in [0.2, 0.25) is 0 Å². The van der Waals surface area contributed by atoms with Crippen molar-refractivity contribution < 1.29 is 4.74 Å². The van der Waals surface area contributed by atoms with Crippen molar-refractivity contribution >= 4 is 0 Å². The zero-order valence-electron chi connectivity index (χ0n) is 11.5. The van der Waals surface area contributed by atoms with E-state index in [2.05, 4.69) is 37.9 Å². The molecule has 0 aromatic carbocycles. The first-order chi connectivity index (χ1) is 7.54. The van der Waals surface area contributed by atoms with Crippen LogP contribution in [0.4, 0.5) is 0 Å². The largest absolute Gasteiger partial charge is 0.381 e. The van der Waals surface area contributed by atoms with Gasteiger partial charge in [0.05, 0.1) is 6.10 Å². The summed E-state index contributed by atoms with van der Waals surface area (Å²) in [5.74, 6) is 0. The van der Waals surface area contributed by atoms with Gasteiger partial charge in [-0.1, -0.05) is 0 Å². The van der Waals surface area contributed by atoms with Gasteiger partial charge in [-0.2, -0.15) is 0 Å². The molecule has 0 radical (unpaired) electrons. The van der Waals surface area contributed by atoms with Gasteiger partial charge < -0.3 is 10.1 Å². The Hall–Kier alpha value is -0.120. The third-order valence-electron chi connectivity index (χ3n) is 3.56. The van der Waals surface area contributed by atoms with Gasteiger partial charge in [0, 0.05) is 38.3 Å². The predicted octanol–water partition coefficient (Wildman–Crippen LogP) is 1.87. The molecule has 0 aliphatic heterocycles. The Labute approximate surface area is 101 Å². The molecule has 0 spiro atoms. The molecule has 0 unspecified atom stereocenters. The highest BCUT2D eigenvalue weighted by Gasteiger charge is 2.28. The van der Waals surface area contributed by atoms with E-state index in [1.54, 1.807) is 7.11 Å². The summed E-state index contributed by atoms with van der Waals surface area (Å²) in [6.45, 7) is 11.3. The molecule has 0 saturated heterocycles. The van der Waals surface area contributed by atoms with E-state index in [1.165, 1.54) is 12.8 Å². The molecule has 1 aliphatic rings. The Bertz CT molecular complexity index is 180. The molecular weight excluding hydrogens is 200 g/mol. The summed E-state index contributed by atoms with van der Waals surface area (Å²) in [5.41, 5.74) is 0. The third-order valence-corrected chi connectivity index (χ3v) is 3.56. The maximum absolute atomic E-state index is 5.27. The average molecular weight is 228 g/mol. The molecule has 96 valence electrons. The lowest BCUT2D eigenvalue weighted by molar-refractivity contribution is 0.0163. The summed E-state index contributed by atoms with van der Waals surface area (Å²) in [4.78, 5) is 2.53. The standard InChI is InChI=1S/C13H28N2O/c1-10(2)15(11(3)4)7-6-14-12-8-13(9-12)16-5/h10-14H,6-9H2,1-5H3. The maximum atomic E-state index is 5.27. The second-order valence-electron chi connectivity index (χ2n) is 5.41.